The Kier molecular flexibility index (Phi) is 84.4. The fourth-order valence-corrected chi connectivity index (χ4v) is 16.2. The summed E-state index contributed by atoms with van der Waals surface area (Å²) >= 11 is 0. The molecule has 0 spiro atoms. The van der Waals surface area contributed by atoms with E-state index in [0.29, 0.717) is 25.7 Å². The molecule has 0 amide bonds. The summed E-state index contributed by atoms with van der Waals surface area (Å²) in [6.45, 7) is 5.08. The van der Waals surface area contributed by atoms with E-state index in [0.717, 1.165) is 89.9 Å². The third-order valence-electron chi connectivity index (χ3n) is 21.9. The van der Waals surface area contributed by atoms with Crippen molar-refractivity contribution in [3.05, 3.63) is 0 Å². The van der Waals surface area contributed by atoms with Gasteiger partial charge < -0.3 is 33.8 Å². The van der Waals surface area contributed by atoms with Crippen LogP contribution in [0.1, 0.15) is 509 Å². The Bertz CT molecular complexity index is 2090. The molecule has 660 valence electrons. The summed E-state index contributed by atoms with van der Waals surface area (Å²) in [7, 11) is -9.93. The van der Waals surface area contributed by atoms with Gasteiger partial charge in [0, 0.05) is 25.7 Å². The fourth-order valence-electron chi connectivity index (χ4n) is 14.6. The van der Waals surface area contributed by atoms with Gasteiger partial charge in [0.2, 0.25) is 0 Å². The molecular formula is C92H180O17P2. The van der Waals surface area contributed by atoms with Crippen LogP contribution in [0.5, 0.6) is 0 Å². The number of carbonyl (C=O) groups excluding carboxylic acids is 4. The minimum absolute atomic E-state index is 0.110. The fraction of sp³-hybridized carbons (Fsp3) is 0.957. The lowest BCUT2D eigenvalue weighted by molar-refractivity contribution is -0.161. The number of phosphoric acid groups is 2. The number of esters is 4. The highest BCUT2D eigenvalue weighted by atomic mass is 31.2. The molecule has 111 heavy (non-hydrogen) atoms. The van der Waals surface area contributed by atoms with Crippen LogP contribution in [-0.4, -0.2) is 96.7 Å². The van der Waals surface area contributed by atoms with E-state index >= 15 is 0 Å². The van der Waals surface area contributed by atoms with Crippen LogP contribution in [0, 0.1) is 0 Å². The van der Waals surface area contributed by atoms with Crippen LogP contribution in [0.2, 0.25) is 0 Å². The molecule has 3 N–H and O–H groups in total. The van der Waals surface area contributed by atoms with Gasteiger partial charge in [0.1, 0.15) is 19.3 Å². The van der Waals surface area contributed by atoms with Crippen molar-refractivity contribution in [2.75, 3.05) is 39.6 Å². The Morgan fingerprint density at radius 1 is 0.216 bits per heavy atom. The third kappa shape index (κ3) is 85.8. The maximum atomic E-state index is 13.2. The summed E-state index contributed by atoms with van der Waals surface area (Å²) in [4.78, 5) is 73.4. The van der Waals surface area contributed by atoms with E-state index in [-0.39, 0.29) is 25.7 Å². The lowest BCUT2D eigenvalue weighted by Crippen LogP contribution is -2.30. The van der Waals surface area contributed by atoms with Gasteiger partial charge in [0.15, 0.2) is 12.2 Å². The number of rotatable bonds is 93. The van der Waals surface area contributed by atoms with E-state index in [1.54, 1.807) is 0 Å². The van der Waals surface area contributed by atoms with Gasteiger partial charge >= 0.3 is 39.5 Å². The summed E-state index contributed by atoms with van der Waals surface area (Å²) in [6, 6.07) is 0. The Labute approximate surface area is 683 Å². The van der Waals surface area contributed by atoms with E-state index < -0.39 is 97.5 Å². The Balaban J connectivity index is 5.20. The molecule has 0 aromatic heterocycles. The molecule has 0 rings (SSSR count). The van der Waals surface area contributed by atoms with E-state index in [4.69, 9.17) is 37.0 Å². The average Bonchev–Trinajstić information content (AvgIpc) is 0.897. The van der Waals surface area contributed by atoms with Gasteiger partial charge in [0.25, 0.3) is 0 Å². The molecule has 0 radical (unpaired) electrons. The molecule has 0 saturated heterocycles. The molecule has 0 fully saturated rings. The van der Waals surface area contributed by atoms with Gasteiger partial charge in [0.05, 0.1) is 26.4 Å². The second kappa shape index (κ2) is 85.9. The highest BCUT2D eigenvalue weighted by Gasteiger charge is 2.31. The molecule has 5 atom stereocenters. The molecule has 0 aliphatic rings. The molecule has 0 aliphatic carbocycles. The molecule has 0 bridgehead atoms. The number of unbranched alkanes of at least 4 members (excludes halogenated alkanes) is 67. The molecule has 0 aromatic rings. The smallest absolute Gasteiger partial charge is 0.462 e. The maximum absolute atomic E-state index is 13.2. The third-order valence-corrected chi connectivity index (χ3v) is 23.8. The van der Waals surface area contributed by atoms with Gasteiger partial charge in [-0.2, -0.15) is 0 Å². The van der Waals surface area contributed by atoms with Crippen LogP contribution >= 0.6 is 15.6 Å². The summed E-state index contributed by atoms with van der Waals surface area (Å²) in [5.74, 6) is -2.09. The highest BCUT2D eigenvalue weighted by Crippen LogP contribution is 2.45. The van der Waals surface area contributed by atoms with Gasteiger partial charge in [-0.3, -0.25) is 37.3 Å². The molecule has 0 aliphatic heterocycles. The topological polar surface area (TPSA) is 237 Å². The predicted molar refractivity (Wildman–Crippen MR) is 460 cm³/mol. The monoisotopic (exact) mass is 1620 g/mol. The van der Waals surface area contributed by atoms with Crippen LogP contribution in [0.4, 0.5) is 0 Å². The molecule has 0 aromatic carbocycles. The lowest BCUT2D eigenvalue weighted by Gasteiger charge is -2.21. The molecule has 0 saturated carbocycles. The number of aliphatic hydroxyl groups is 1. The molecule has 0 heterocycles. The highest BCUT2D eigenvalue weighted by molar-refractivity contribution is 7.47. The van der Waals surface area contributed by atoms with Crippen molar-refractivity contribution in [3.8, 4) is 0 Å². The normalized spacial score (nSPS) is 13.6. The van der Waals surface area contributed by atoms with Crippen LogP contribution in [-0.2, 0) is 65.4 Å². The van der Waals surface area contributed by atoms with Gasteiger partial charge in [-0.05, 0) is 25.7 Å². The van der Waals surface area contributed by atoms with E-state index in [9.17, 15) is 43.2 Å². The largest absolute Gasteiger partial charge is 0.472 e. The van der Waals surface area contributed by atoms with Crippen LogP contribution in [0.15, 0.2) is 0 Å². The quantitative estimate of drug-likeness (QED) is 0.0222. The molecular weight excluding hydrogens is 1440 g/mol. The van der Waals surface area contributed by atoms with Crippen molar-refractivity contribution in [1.82, 2.24) is 0 Å². The minimum atomic E-state index is -4.97. The van der Waals surface area contributed by atoms with Gasteiger partial charge in [-0.1, -0.05) is 458 Å². The SMILES string of the molecule is CCCCCCCCCCCCCCCCCCCCCCCC(=O)OC[C@H](COP(=O)(O)OC[C@@H](O)COP(=O)(O)OC[C@@H](COC(=O)CCCCCCCCCCCC)OC(=O)CCCCCCCCCCCCCCCCCCCCC)OC(=O)CCCCCCCCCCCCCCCCCCCCCCC. The zero-order valence-corrected chi connectivity index (χ0v) is 74.7. The van der Waals surface area contributed by atoms with E-state index in [1.807, 2.05) is 0 Å². The first kappa shape index (κ1) is 109. The van der Waals surface area contributed by atoms with Gasteiger partial charge in [-0.25, -0.2) is 9.13 Å². The number of phosphoric ester groups is 2. The number of ether oxygens (including phenoxy) is 4. The van der Waals surface area contributed by atoms with Crippen LogP contribution in [0.3, 0.4) is 0 Å². The van der Waals surface area contributed by atoms with Crippen LogP contribution < -0.4 is 0 Å². The first-order valence-corrected chi connectivity index (χ1v) is 50.8. The number of carbonyl (C=O) groups is 4. The van der Waals surface area contributed by atoms with Crippen molar-refractivity contribution in [1.29, 1.82) is 0 Å². The number of hydrogen-bond acceptors (Lipinski definition) is 15. The van der Waals surface area contributed by atoms with E-state index in [1.165, 1.54) is 340 Å². The predicted octanol–water partition coefficient (Wildman–Crippen LogP) is 28.9. The summed E-state index contributed by atoms with van der Waals surface area (Å²) < 4.78 is 69.1. The van der Waals surface area contributed by atoms with Crippen molar-refractivity contribution in [3.63, 3.8) is 0 Å². The Morgan fingerprint density at radius 2 is 0.360 bits per heavy atom. The first-order chi connectivity index (χ1) is 54.2. The standard InChI is InChI=1S/C92H180O17P2/c1-5-9-13-17-21-25-29-32-35-38-41-43-46-48-51-54-57-61-65-69-73-77-90(95)103-83-88(109-92(97)79-75-71-67-63-59-56-53-50-47-44-42-39-36-33-30-26-22-18-14-10-6-2)85-107-111(100,101)105-81-86(93)80-104-110(98,99)106-84-87(82-102-89(94)76-72-68-64-60-28-24-20-16-12-8-4)108-91(96)78-74-70-66-62-58-55-52-49-45-40-37-34-31-27-23-19-15-11-7-3/h86-88,93H,5-85H2,1-4H3,(H,98,99)(H,100,101)/t86-,87+,88+/m0/s1. The Hall–Kier alpha value is -1.94. The van der Waals surface area contributed by atoms with Gasteiger partial charge in [-0.15, -0.1) is 0 Å². The lowest BCUT2D eigenvalue weighted by atomic mass is 10.0. The number of hydrogen-bond donors (Lipinski definition) is 3. The summed E-state index contributed by atoms with van der Waals surface area (Å²) in [5, 5.41) is 10.7. The van der Waals surface area contributed by atoms with Crippen molar-refractivity contribution < 1.29 is 80.2 Å². The zero-order chi connectivity index (χ0) is 81.0. The molecule has 17 nitrogen and oxygen atoms in total. The second-order valence-corrected chi connectivity index (χ2v) is 36.0. The summed E-state index contributed by atoms with van der Waals surface area (Å²) in [6.07, 6.45) is 83.6. The zero-order valence-electron chi connectivity index (χ0n) is 73.0. The van der Waals surface area contributed by atoms with Crippen molar-refractivity contribution in [2.24, 2.45) is 0 Å². The minimum Gasteiger partial charge on any atom is -0.462 e. The van der Waals surface area contributed by atoms with Crippen molar-refractivity contribution in [2.45, 2.75) is 528 Å². The second-order valence-electron chi connectivity index (χ2n) is 33.1. The summed E-state index contributed by atoms with van der Waals surface area (Å²) in [5.41, 5.74) is 0. The van der Waals surface area contributed by atoms with Crippen LogP contribution in [0.25, 0.3) is 0 Å². The number of aliphatic hydroxyl groups excluding tert-OH is 1. The average molecular weight is 1620 g/mol. The maximum Gasteiger partial charge on any atom is 0.472 e. The first-order valence-electron chi connectivity index (χ1n) is 47.8. The van der Waals surface area contributed by atoms with E-state index in [2.05, 4.69) is 27.7 Å². The molecule has 19 heteroatoms. The van der Waals surface area contributed by atoms with Crippen molar-refractivity contribution >= 4 is 39.5 Å². The Morgan fingerprint density at radius 3 is 0.532 bits per heavy atom. The molecule has 2 unspecified atom stereocenters.